The molecule has 1 saturated carbocycles. The van der Waals surface area contributed by atoms with Crippen molar-refractivity contribution < 1.29 is 0 Å². The topological polar surface area (TPSA) is 38.0 Å². The van der Waals surface area contributed by atoms with Gasteiger partial charge < -0.3 is 0 Å². The molecule has 1 aliphatic carbocycles. The van der Waals surface area contributed by atoms with Crippen molar-refractivity contribution in [2.75, 3.05) is 0 Å². The number of thiophene rings is 1. The Kier molecular flexibility index (Phi) is 3.69. The SMILES string of the molecule is NNC(CCc1ccsc1)C1(c2ccccc2)CC1. The Balaban J connectivity index is 1.72. The lowest BCUT2D eigenvalue weighted by Crippen LogP contribution is -2.44. The molecule has 100 valence electrons. The minimum absolute atomic E-state index is 0.270. The van der Waals surface area contributed by atoms with E-state index >= 15 is 0 Å². The molecule has 0 saturated heterocycles. The van der Waals surface area contributed by atoms with Crippen molar-refractivity contribution >= 4 is 11.3 Å². The zero-order chi connectivity index (χ0) is 13.1. The van der Waals surface area contributed by atoms with Gasteiger partial charge in [0.15, 0.2) is 0 Å². The first-order chi connectivity index (χ1) is 9.35. The van der Waals surface area contributed by atoms with Crippen molar-refractivity contribution in [2.45, 2.75) is 37.1 Å². The van der Waals surface area contributed by atoms with Crippen molar-refractivity contribution in [1.29, 1.82) is 0 Å². The normalized spacial score (nSPS) is 18.2. The second kappa shape index (κ2) is 5.45. The van der Waals surface area contributed by atoms with Gasteiger partial charge in [0.05, 0.1) is 0 Å². The summed E-state index contributed by atoms with van der Waals surface area (Å²) in [5, 5.41) is 4.37. The Morgan fingerprint density at radius 2 is 2.00 bits per heavy atom. The van der Waals surface area contributed by atoms with Gasteiger partial charge in [-0.15, -0.1) is 0 Å². The molecule has 1 aromatic heterocycles. The van der Waals surface area contributed by atoms with Gasteiger partial charge in [0.25, 0.3) is 0 Å². The van der Waals surface area contributed by atoms with Crippen LogP contribution in [0.5, 0.6) is 0 Å². The predicted molar refractivity (Wildman–Crippen MR) is 81.1 cm³/mol. The van der Waals surface area contributed by atoms with Gasteiger partial charge in [-0.25, -0.2) is 0 Å². The average Bonchev–Trinajstić information content (AvgIpc) is 3.10. The average molecular weight is 272 g/mol. The Hall–Kier alpha value is -1.16. The summed E-state index contributed by atoms with van der Waals surface area (Å²) in [5.41, 5.74) is 6.20. The largest absolute Gasteiger partial charge is 0.271 e. The van der Waals surface area contributed by atoms with Crippen LogP contribution in [-0.2, 0) is 11.8 Å². The summed E-state index contributed by atoms with van der Waals surface area (Å²) in [6.45, 7) is 0. The first-order valence-electron chi connectivity index (χ1n) is 6.88. The molecular formula is C16H20N2S. The molecule has 3 heteroatoms. The molecule has 0 spiro atoms. The van der Waals surface area contributed by atoms with Gasteiger partial charge >= 0.3 is 0 Å². The van der Waals surface area contributed by atoms with Gasteiger partial charge in [-0.1, -0.05) is 30.3 Å². The maximum absolute atomic E-state index is 5.83. The zero-order valence-electron chi connectivity index (χ0n) is 11.0. The number of nitrogens with two attached hydrogens (primary N) is 1. The van der Waals surface area contributed by atoms with E-state index in [4.69, 9.17) is 5.84 Å². The third-order valence-electron chi connectivity index (χ3n) is 4.31. The van der Waals surface area contributed by atoms with E-state index in [1.54, 1.807) is 11.3 Å². The van der Waals surface area contributed by atoms with Crippen molar-refractivity contribution in [1.82, 2.24) is 5.43 Å². The van der Waals surface area contributed by atoms with Crippen LogP contribution in [0.2, 0.25) is 0 Å². The molecule has 1 fully saturated rings. The maximum Gasteiger partial charge on any atom is 0.0310 e. The number of benzene rings is 1. The van der Waals surface area contributed by atoms with Crippen LogP contribution in [0.15, 0.2) is 47.2 Å². The fourth-order valence-corrected chi connectivity index (χ4v) is 3.71. The molecular weight excluding hydrogens is 252 g/mol. The number of nitrogens with one attached hydrogen (secondary N) is 1. The highest BCUT2D eigenvalue weighted by molar-refractivity contribution is 7.07. The quantitative estimate of drug-likeness (QED) is 0.626. The summed E-state index contributed by atoms with van der Waals surface area (Å²) >= 11 is 1.77. The minimum atomic E-state index is 0.270. The van der Waals surface area contributed by atoms with Crippen LogP contribution in [0, 0.1) is 0 Å². The number of hydrazine groups is 1. The molecule has 0 aliphatic heterocycles. The lowest BCUT2D eigenvalue weighted by Gasteiger charge is -2.27. The lowest BCUT2D eigenvalue weighted by molar-refractivity contribution is 0.399. The van der Waals surface area contributed by atoms with Gasteiger partial charge in [0.1, 0.15) is 0 Å². The number of aryl methyl sites for hydroxylation is 1. The molecule has 2 nitrogen and oxygen atoms in total. The van der Waals surface area contributed by atoms with Crippen molar-refractivity contribution in [2.24, 2.45) is 5.84 Å². The summed E-state index contributed by atoms with van der Waals surface area (Å²) < 4.78 is 0. The molecule has 3 N–H and O–H groups in total. The Labute approximate surface area is 118 Å². The Morgan fingerprint density at radius 3 is 2.58 bits per heavy atom. The molecule has 1 aromatic carbocycles. The fourth-order valence-electron chi connectivity index (χ4n) is 3.01. The van der Waals surface area contributed by atoms with E-state index in [0.29, 0.717) is 6.04 Å². The molecule has 0 bridgehead atoms. The zero-order valence-corrected chi connectivity index (χ0v) is 11.8. The second-order valence-corrected chi connectivity index (χ2v) is 6.19. The lowest BCUT2D eigenvalue weighted by atomic mass is 9.85. The highest BCUT2D eigenvalue weighted by Gasteiger charge is 2.49. The summed E-state index contributed by atoms with van der Waals surface area (Å²) in [6, 6.07) is 13.4. The summed E-state index contributed by atoms with van der Waals surface area (Å²) in [4.78, 5) is 0. The predicted octanol–water partition coefficient (Wildman–Crippen LogP) is 3.24. The minimum Gasteiger partial charge on any atom is -0.271 e. The number of hydrogen-bond donors (Lipinski definition) is 2. The van der Waals surface area contributed by atoms with Gasteiger partial charge in [-0.2, -0.15) is 11.3 Å². The molecule has 2 aromatic rings. The van der Waals surface area contributed by atoms with Gasteiger partial charge in [-0.3, -0.25) is 11.3 Å². The molecule has 1 unspecified atom stereocenters. The van der Waals surface area contributed by atoms with Crippen LogP contribution < -0.4 is 11.3 Å². The van der Waals surface area contributed by atoms with E-state index in [1.165, 1.54) is 24.0 Å². The van der Waals surface area contributed by atoms with E-state index in [-0.39, 0.29) is 5.41 Å². The Morgan fingerprint density at radius 1 is 1.21 bits per heavy atom. The van der Waals surface area contributed by atoms with E-state index in [9.17, 15) is 0 Å². The first kappa shape index (κ1) is 12.9. The molecule has 1 atom stereocenters. The van der Waals surface area contributed by atoms with E-state index in [0.717, 1.165) is 12.8 Å². The number of rotatable bonds is 6. The molecule has 0 amide bonds. The molecule has 0 radical (unpaired) electrons. The van der Waals surface area contributed by atoms with Crippen LogP contribution in [-0.4, -0.2) is 6.04 Å². The van der Waals surface area contributed by atoms with Gasteiger partial charge in [0.2, 0.25) is 0 Å². The van der Waals surface area contributed by atoms with Crippen LogP contribution >= 0.6 is 11.3 Å². The smallest absolute Gasteiger partial charge is 0.0310 e. The third-order valence-corrected chi connectivity index (χ3v) is 5.04. The Bertz CT molecular complexity index is 503. The first-order valence-corrected chi connectivity index (χ1v) is 7.82. The van der Waals surface area contributed by atoms with E-state index in [1.807, 2.05) is 0 Å². The summed E-state index contributed by atoms with van der Waals surface area (Å²) in [6.07, 6.45) is 4.69. The second-order valence-electron chi connectivity index (χ2n) is 5.41. The number of hydrogen-bond acceptors (Lipinski definition) is 3. The highest BCUT2D eigenvalue weighted by atomic mass is 32.1. The van der Waals surface area contributed by atoms with Crippen LogP contribution in [0.3, 0.4) is 0 Å². The molecule has 3 rings (SSSR count). The van der Waals surface area contributed by atoms with Crippen molar-refractivity contribution in [3.8, 4) is 0 Å². The summed E-state index contributed by atoms with van der Waals surface area (Å²) in [5.74, 6) is 5.83. The van der Waals surface area contributed by atoms with E-state index in [2.05, 4.69) is 52.6 Å². The van der Waals surface area contributed by atoms with Gasteiger partial charge in [0, 0.05) is 11.5 Å². The fraction of sp³-hybridized carbons (Fsp3) is 0.375. The third kappa shape index (κ3) is 2.59. The molecule has 1 heterocycles. The van der Waals surface area contributed by atoms with Gasteiger partial charge in [-0.05, 0) is 53.6 Å². The molecule has 19 heavy (non-hydrogen) atoms. The van der Waals surface area contributed by atoms with Crippen molar-refractivity contribution in [3.05, 3.63) is 58.3 Å². The van der Waals surface area contributed by atoms with Crippen molar-refractivity contribution in [3.63, 3.8) is 0 Å². The molecule has 1 aliphatic rings. The maximum atomic E-state index is 5.83. The monoisotopic (exact) mass is 272 g/mol. The van der Waals surface area contributed by atoms with Crippen LogP contribution in [0.1, 0.15) is 30.4 Å². The van der Waals surface area contributed by atoms with Crippen LogP contribution in [0.25, 0.3) is 0 Å². The van der Waals surface area contributed by atoms with E-state index < -0.39 is 0 Å². The van der Waals surface area contributed by atoms with Crippen LogP contribution in [0.4, 0.5) is 0 Å². The highest BCUT2D eigenvalue weighted by Crippen LogP contribution is 2.51. The summed E-state index contributed by atoms with van der Waals surface area (Å²) in [7, 11) is 0. The standard InChI is InChI=1S/C16H20N2S/c17-18-15(7-6-13-8-11-19-12-13)16(9-10-16)14-4-2-1-3-5-14/h1-5,8,11-12,15,18H,6-7,9-10,17H2.